The van der Waals surface area contributed by atoms with Crippen molar-refractivity contribution >= 4 is 0 Å². The quantitative estimate of drug-likeness (QED) is 0.617. The number of allylic oxidation sites excluding steroid dienone is 3. The van der Waals surface area contributed by atoms with Crippen molar-refractivity contribution in [2.75, 3.05) is 0 Å². The third-order valence-electron chi connectivity index (χ3n) is 4.56. The molecule has 16 heavy (non-hydrogen) atoms. The molecule has 0 spiro atoms. The van der Waals surface area contributed by atoms with Gasteiger partial charge in [-0.1, -0.05) is 29.7 Å². The summed E-state index contributed by atoms with van der Waals surface area (Å²) in [5.74, 6) is 2.10. The topological polar surface area (TPSA) is 20.2 Å². The average Bonchev–Trinajstić information content (AvgIpc) is 2.57. The van der Waals surface area contributed by atoms with Gasteiger partial charge in [-0.15, -0.1) is 0 Å². The van der Waals surface area contributed by atoms with E-state index in [1.165, 1.54) is 24.0 Å². The lowest BCUT2D eigenvalue weighted by Gasteiger charge is -2.23. The molecule has 0 aromatic rings. The molecule has 1 nitrogen and oxygen atoms in total. The van der Waals surface area contributed by atoms with E-state index in [0.717, 1.165) is 12.3 Å². The van der Waals surface area contributed by atoms with Crippen LogP contribution in [0.25, 0.3) is 0 Å². The van der Waals surface area contributed by atoms with Crippen LogP contribution >= 0.6 is 0 Å². The molecule has 0 aromatic heterocycles. The molecule has 1 fully saturated rings. The highest BCUT2D eigenvalue weighted by Gasteiger charge is 2.37. The molecule has 1 saturated carbocycles. The summed E-state index contributed by atoms with van der Waals surface area (Å²) in [5.41, 5.74) is 4.58. The number of hydrogen-bond acceptors (Lipinski definition) is 1. The van der Waals surface area contributed by atoms with Gasteiger partial charge in [-0.05, 0) is 57.8 Å². The van der Waals surface area contributed by atoms with E-state index in [-0.39, 0.29) is 6.10 Å². The standard InChI is InChI=1S/C15H24O/c1-9(2)12-7-14-10(3)5-13(16)6-11(4)15(14)8-12/h5,11,13-16H,6-8H2,1-4H3/t11-,13-,14+,15-/m0/s1. The fourth-order valence-electron chi connectivity index (χ4n) is 3.48. The molecule has 0 unspecified atom stereocenters. The van der Waals surface area contributed by atoms with Gasteiger partial charge in [0.2, 0.25) is 0 Å². The molecule has 1 N–H and O–H groups in total. The Bertz CT molecular complexity index is 333. The molecule has 0 heterocycles. The van der Waals surface area contributed by atoms with E-state index in [2.05, 4.69) is 33.8 Å². The van der Waals surface area contributed by atoms with Crippen LogP contribution in [0.2, 0.25) is 0 Å². The third-order valence-corrected chi connectivity index (χ3v) is 4.56. The summed E-state index contributed by atoms with van der Waals surface area (Å²) in [4.78, 5) is 0. The summed E-state index contributed by atoms with van der Waals surface area (Å²) < 4.78 is 0. The van der Waals surface area contributed by atoms with E-state index >= 15 is 0 Å². The summed E-state index contributed by atoms with van der Waals surface area (Å²) in [6, 6.07) is 0. The molecule has 1 heteroatoms. The highest BCUT2D eigenvalue weighted by molar-refractivity contribution is 5.24. The van der Waals surface area contributed by atoms with Crippen molar-refractivity contribution in [2.45, 2.75) is 53.1 Å². The molecular weight excluding hydrogens is 196 g/mol. The summed E-state index contributed by atoms with van der Waals surface area (Å²) in [5, 5.41) is 9.87. The minimum atomic E-state index is -0.212. The largest absolute Gasteiger partial charge is 0.389 e. The molecule has 2 aliphatic rings. The van der Waals surface area contributed by atoms with Crippen LogP contribution in [-0.2, 0) is 0 Å². The zero-order valence-corrected chi connectivity index (χ0v) is 11.0. The highest BCUT2D eigenvalue weighted by atomic mass is 16.3. The van der Waals surface area contributed by atoms with E-state index in [1.54, 1.807) is 5.57 Å². The van der Waals surface area contributed by atoms with Gasteiger partial charge in [0.25, 0.3) is 0 Å². The molecule has 4 atom stereocenters. The first-order valence-electron chi connectivity index (χ1n) is 6.50. The first kappa shape index (κ1) is 11.9. The Morgan fingerprint density at radius 3 is 2.62 bits per heavy atom. The van der Waals surface area contributed by atoms with Crippen LogP contribution in [-0.4, -0.2) is 11.2 Å². The molecule has 0 radical (unpaired) electrons. The molecule has 2 aliphatic carbocycles. The molecule has 0 amide bonds. The Labute approximate surface area is 99.3 Å². The van der Waals surface area contributed by atoms with E-state index < -0.39 is 0 Å². The lowest BCUT2D eigenvalue weighted by molar-refractivity contribution is 0.172. The summed E-state index contributed by atoms with van der Waals surface area (Å²) in [6.45, 7) is 8.98. The van der Waals surface area contributed by atoms with E-state index in [9.17, 15) is 5.11 Å². The normalized spacial score (nSPS) is 39.1. The summed E-state index contributed by atoms with van der Waals surface area (Å²) in [6.07, 6.45) is 5.30. The van der Waals surface area contributed by atoms with Crippen molar-refractivity contribution in [3.8, 4) is 0 Å². The smallest absolute Gasteiger partial charge is 0.0726 e. The number of fused-ring (bicyclic) bond motifs is 1. The summed E-state index contributed by atoms with van der Waals surface area (Å²) in [7, 11) is 0. The number of hydrogen-bond donors (Lipinski definition) is 1. The van der Waals surface area contributed by atoms with Gasteiger partial charge in [-0.25, -0.2) is 0 Å². The second-order valence-electron chi connectivity index (χ2n) is 5.97. The average molecular weight is 220 g/mol. The van der Waals surface area contributed by atoms with Gasteiger partial charge in [0.15, 0.2) is 0 Å². The SMILES string of the molecule is CC1=C[C@H](O)C[C@H](C)[C@@H]2CC(=C(C)C)C[C@H]12. The molecule has 2 rings (SSSR count). The van der Waals surface area contributed by atoms with Crippen LogP contribution in [0, 0.1) is 17.8 Å². The lowest BCUT2D eigenvalue weighted by atomic mass is 9.82. The van der Waals surface area contributed by atoms with Crippen LogP contribution in [0.1, 0.15) is 47.0 Å². The number of aliphatic hydroxyl groups is 1. The van der Waals surface area contributed by atoms with Gasteiger partial charge in [0, 0.05) is 0 Å². The second kappa shape index (κ2) is 4.37. The lowest BCUT2D eigenvalue weighted by Crippen LogP contribution is -2.17. The van der Waals surface area contributed by atoms with Crippen molar-refractivity contribution in [1.82, 2.24) is 0 Å². The molecule has 0 bridgehead atoms. The minimum absolute atomic E-state index is 0.212. The van der Waals surface area contributed by atoms with Crippen LogP contribution in [0.5, 0.6) is 0 Å². The van der Waals surface area contributed by atoms with E-state index in [0.29, 0.717) is 11.8 Å². The Hall–Kier alpha value is -0.560. The van der Waals surface area contributed by atoms with Gasteiger partial charge < -0.3 is 5.11 Å². The van der Waals surface area contributed by atoms with Crippen molar-refractivity contribution < 1.29 is 5.11 Å². The van der Waals surface area contributed by atoms with Crippen LogP contribution < -0.4 is 0 Å². The van der Waals surface area contributed by atoms with Gasteiger partial charge >= 0.3 is 0 Å². The molecule has 0 aliphatic heterocycles. The Kier molecular flexibility index (Phi) is 3.25. The number of aliphatic hydroxyl groups excluding tert-OH is 1. The molecular formula is C15H24O. The highest BCUT2D eigenvalue weighted by Crippen LogP contribution is 2.47. The summed E-state index contributed by atoms with van der Waals surface area (Å²) >= 11 is 0. The zero-order valence-electron chi connectivity index (χ0n) is 11.0. The maximum absolute atomic E-state index is 9.87. The van der Waals surface area contributed by atoms with Crippen LogP contribution in [0.3, 0.4) is 0 Å². The van der Waals surface area contributed by atoms with Crippen molar-refractivity contribution in [3.05, 3.63) is 22.8 Å². The fourth-order valence-corrected chi connectivity index (χ4v) is 3.48. The fraction of sp³-hybridized carbons (Fsp3) is 0.733. The Morgan fingerprint density at radius 1 is 1.31 bits per heavy atom. The first-order valence-corrected chi connectivity index (χ1v) is 6.50. The predicted molar refractivity (Wildman–Crippen MR) is 68.1 cm³/mol. The molecule has 0 saturated heterocycles. The second-order valence-corrected chi connectivity index (χ2v) is 5.97. The number of rotatable bonds is 0. The third kappa shape index (κ3) is 2.10. The Balaban J connectivity index is 2.29. The monoisotopic (exact) mass is 220 g/mol. The van der Waals surface area contributed by atoms with Gasteiger partial charge in [-0.3, -0.25) is 0 Å². The minimum Gasteiger partial charge on any atom is -0.389 e. The maximum atomic E-state index is 9.87. The zero-order chi connectivity index (χ0) is 11.9. The van der Waals surface area contributed by atoms with Gasteiger partial charge in [0.05, 0.1) is 6.10 Å². The van der Waals surface area contributed by atoms with Gasteiger partial charge in [0.1, 0.15) is 0 Å². The van der Waals surface area contributed by atoms with Crippen LogP contribution in [0.4, 0.5) is 0 Å². The molecule has 0 aromatic carbocycles. The van der Waals surface area contributed by atoms with Crippen molar-refractivity contribution in [1.29, 1.82) is 0 Å². The van der Waals surface area contributed by atoms with E-state index in [4.69, 9.17) is 0 Å². The van der Waals surface area contributed by atoms with Crippen molar-refractivity contribution in [3.63, 3.8) is 0 Å². The van der Waals surface area contributed by atoms with Crippen LogP contribution in [0.15, 0.2) is 22.8 Å². The Morgan fingerprint density at radius 2 is 2.00 bits per heavy atom. The molecule has 90 valence electrons. The van der Waals surface area contributed by atoms with E-state index in [1.807, 2.05) is 0 Å². The first-order chi connectivity index (χ1) is 7.49. The van der Waals surface area contributed by atoms with Crippen molar-refractivity contribution in [2.24, 2.45) is 17.8 Å². The maximum Gasteiger partial charge on any atom is 0.0726 e. The van der Waals surface area contributed by atoms with Gasteiger partial charge in [-0.2, -0.15) is 0 Å². The predicted octanol–water partition coefficient (Wildman–Crippen LogP) is 3.70.